The van der Waals surface area contributed by atoms with Crippen LogP contribution in [-0.4, -0.2) is 14.8 Å². The number of ether oxygens (including phenoxy) is 1. The van der Waals surface area contributed by atoms with Gasteiger partial charge in [0.15, 0.2) is 5.75 Å². The van der Waals surface area contributed by atoms with Crippen LogP contribution in [-0.2, 0) is 13.1 Å². The Morgan fingerprint density at radius 1 is 1.47 bits per heavy atom. The molecule has 0 bridgehead atoms. The van der Waals surface area contributed by atoms with Gasteiger partial charge in [-0.15, -0.1) is 0 Å². The summed E-state index contributed by atoms with van der Waals surface area (Å²) < 4.78 is 7.45. The van der Waals surface area contributed by atoms with Crippen LogP contribution in [0.4, 0.5) is 0 Å². The van der Waals surface area contributed by atoms with Gasteiger partial charge in [0.25, 0.3) is 0 Å². The van der Waals surface area contributed by atoms with Gasteiger partial charge >= 0.3 is 0 Å². The van der Waals surface area contributed by atoms with E-state index in [9.17, 15) is 0 Å². The van der Waals surface area contributed by atoms with E-state index in [1.807, 2.05) is 23.0 Å². The molecule has 17 heavy (non-hydrogen) atoms. The van der Waals surface area contributed by atoms with Gasteiger partial charge in [0.05, 0.1) is 12.4 Å². The molecule has 2 aromatic rings. The molecular weight excluding hydrogens is 216 g/mol. The number of rotatable bonds is 5. The highest BCUT2D eigenvalue weighted by Crippen LogP contribution is 2.19. The maximum absolute atomic E-state index is 5.60. The molecular formula is C12H16N4O. The molecule has 0 aliphatic carbocycles. The first-order valence-corrected chi connectivity index (χ1v) is 5.67. The molecule has 0 saturated heterocycles. The van der Waals surface area contributed by atoms with Crippen LogP contribution in [0.2, 0.25) is 0 Å². The van der Waals surface area contributed by atoms with Crippen LogP contribution in [0.25, 0.3) is 0 Å². The zero-order chi connectivity index (χ0) is 12.1. The lowest BCUT2D eigenvalue weighted by atomic mass is 10.3. The highest BCUT2D eigenvalue weighted by atomic mass is 16.5. The van der Waals surface area contributed by atoms with Crippen LogP contribution in [0.15, 0.2) is 30.7 Å². The van der Waals surface area contributed by atoms with Crippen LogP contribution in [0.1, 0.15) is 18.9 Å². The molecule has 0 unspecified atom stereocenters. The monoisotopic (exact) mass is 232 g/mol. The maximum Gasteiger partial charge on any atom is 0.219 e. The van der Waals surface area contributed by atoms with E-state index in [4.69, 9.17) is 10.5 Å². The van der Waals surface area contributed by atoms with E-state index >= 15 is 0 Å². The maximum atomic E-state index is 5.60. The van der Waals surface area contributed by atoms with Gasteiger partial charge in [0.2, 0.25) is 5.88 Å². The average molecular weight is 232 g/mol. The Bertz CT molecular complexity index is 481. The first-order chi connectivity index (χ1) is 8.31. The van der Waals surface area contributed by atoms with E-state index in [1.54, 1.807) is 12.4 Å². The van der Waals surface area contributed by atoms with Crippen molar-refractivity contribution >= 4 is 0 Å². The van der Waals surface area contributed by atoms with Crippen LogP contribution >= 0.6 is 0 Å². The molecule has 0 spiro atoms. The van der Waals surface area contributed by atoms with Gasteiger partial charge in [-0.3, -0.25) is 4.68 Å². The number of pyridine rings is 1. The van der Waals surface area contributed by atoms with Crippen molar-refractivity contribution in [1.29, 1.82) is 0 Å². The van der Waals surface area contributed by atoms with E-state index in [0.29, 0.717) is 18.2 Å². The quantitative estimate of drug-likeness (QED) is 0.855. The molecule has 2 N–H and O–H groups in total. The van der Waals surface area contributed by atoms with E-state index in [1.165, 1.54) is 0 Å². The third kappa shape index (κ3) is 3.04. The minimum atomic E-state index is 0.480. The zero-order valence-corrected chi connectivity index (χ0v) is 9.84. The van der Waals surface area contributed by atoms with E-state index < -0.39 is 0 Å². The van der Waals surface area contributed by atoms with Gasteiger partial charge < -0.3 is 10.5 Å². The van der Waals surface area contributed by atoms with Crippen molar-refractivity contribution in [2.75, 3.05) is 0 Å². The largest absolute Gasteiger partial charge is 0.436 e. The fourth-order valence-electron chi connectivity index (χ4n) is 1.50. The summed E-state index contributed by atoms with van der Waals surface area (Å²) in [7, 11) is 0. The Hall–Kier alpha value is -1.88. The average Bonchev–Trinajstić information content (AvgIpc) is 2.77. The molecule has 5 heteroatoms. The predicted molar refractivity (Wildman–Crippen MR) is 64.7 cm³/mol. The van der Waals surface area contributed by atoms with Crippen molar-refractivity contribution in [2.24, 2.45) is 5.73 Å². The molecule has 2 heterocycles. The van der Waals surface area contributed by atoms with Crippen LogP contribution < -0.4 is 10.5 Å². The van der Waals surface area contributed by atoms with E-state index in [0.717, 1.165) is 18.5 Å². The van der Waals surface area contributed by atoms with E-state index in [-0.39, 0.29) is 0 Å². The fraction of sp³-hybridized carbons (Fsp3) is 0.333. The highest BCUT2D eigenvalue weighted by molar-refractivity contribution is 5.25. The molecule has 90 valence electrons. The number of nitrogens with zero attached hydrogens (tertiary/aromatic N) is 3. The lowest BCUT2D eigenvalue weighted by Crippen LogP contribution is -1.97. The van der Waals surface area contributed by atoms with Crippen LogP contribution in [0, 0.1) is 0 Å². The third-order valence-corrected chi connectivity index (χ3v) is 2.32. The Morgan fingerprint density at radius 2 is 2.35 bits per heavy atom. The lowest BCUT2D eigenvalue weighted by molar-refractivity contribution is 0.460. The molecule has 0 aliphatic rings. The molecule has 0 fully saturated rings. The Kier molecular flexibility index (Phi) is 3.72. The first kappa shape index (κ1) is 11.6. The number of hydrogen-bond donors (Lipinski definition) is 1. The van der Waals surface area contributed by atoms with Gasteiger partial charge in [0.1, 0.15) is 0 Å². The first-order valence-electron chi connectivity index (χ1n) is 5.67. The van der Waals surface area contributed by atoms with Gasteiger partial charge in [-0.25, -0.2) is 4.98 Å². The number of nitrogens with two attached hydrogens (primary N) is 1. The smallest absolute Gasteiger partial charge is 0.219 e. The zero-order valence-electron chi connectivity index (χ0n) is 9.84. The number of hydrogen-bond acceptors (Lipinski definition) is 4. The molecule has 0 aliphatic heterocycles. The predicted octanol–water partition coefficient (Wildman–Crippen LogP) is 1.94. The standard InChI is InChI=1S/C12H16N4O/c1-2-5-16-9-11(8-15-16)17-12-6-10(7-13)3-4-14-12/h3-4,6,8-9H,2,5,7,13H2,1H3. The summed E-state index contributed by atoms with van der Waals surface area (Å²) in [6.45, 7) is 3.47. The molecule has 2 rings (SSSR count). The van der Waals surface area contributed by atoms with Crippen molar-refractivity contribution in [3.05, 3.63) is 36.3 Å². The van der Waals surface area contributed by atoms with Crippen molar-refractivity contribution in [3.63, 3.8) is 0 Å². The molecule has 0 atom stereocenters. The number of aryl methyl sites for hydroxylation is 1. The second kappa shape index (κ2) is 5.45. The van der Waals surface area contributed by atoms with Gasteiger partial charge in [0, 0.05) is 25.4 Å². The Morgan fingerprint density at radius 3 is 3.12 bits per heavy atom. The summed E-state index contributed by atoms with van der Waals surface area (Å²) in [5, 5.41) is 4.18. The number of aromatic nitrogens is 3. The van der Waals surface area contributed by atoms with E-state index in [2.05, 4.69) is 17.0 Å². The molecule has 2 aromatic heterocycles. The van der Waals surface area contributed by atoms with Crippen molar-refractivity contribution in [2.45, 2.75) is 26.4 Å². The summed E-state index contributed by atoms with van der Waals surface area (Å²) >= 11 is 0. The normalized spacial score (nSPS) is 10.5. The second-order valence-electron chi connectivity index (χ2n) is 3.75. The molecule has 5 nitrogen and oxygen atoms in total. The summed E-state index contributed by atoms with van der Waals surface area (Å²) in [5.41, 5.74) is 6.55. The van der Waals surface area contributed by atoms with Crippen LogP contribution in [0.5, 0.6) is 11.6 Å². The molecule has 0 aromatic carbocycles. The molecule has 0 amide bonds. The van der Waals surface area contributed by atoms with Crippen molar-refractivity contribution in [3.8, 4) is 11.6 Å². The minimum Gasteiger partial charge on any atom is -0.436 e. The SMILES string of the molecule is CCCn1cc(Oc2cc(CN)ccn2)cn1. The van der Waals surface area contributed by atoms with Crippen molar-refractivity contribution < 1.29 is 4.74 Å². The summed E-state index contributed by atoms with van der Waals surface area (Å²) in [4.78, 5) is 4.12. The Labute approximate surface area is 100 Å². The summed E-state index contributed by atoms with van der Waals surface area (Å²) in [5.74, 6) is 1.24. The van der Waals surface area contributed by atoms with Gasteiger partial charge in [-0.05, 0) is 18.1 Å². The van der Waals surface area contributed by atoms with Crippen molar-refractivity contribution in [1.82, 2.24) is 14.8 Å². The summed E-state index contributed by atoms with van der Waals surface area (Å²) in [6, 6.07) is 3.70. The topological polar surface area (TPSA) is 66.0 Å². The van der Waals surface area contributed by atoms with Crippen LogP contribution in [0.3, 0.4) is 0 Å². The van der Waals surface area contributed by atoms with Gasteiger partial charge in [-0.1, -0.05) is 6.92 Å². The van der Waals surface area contributed by atoms with Gasteiger partial charge in [-0.2, -0.15) is 5.10 Å². The Balaban J connectivity index is 2.08. The molecule has 0 radical (unpaired) electrons. The summed E-state index contributed by atoms with van der Waals surface area (Å²) in [6.07, 6.45) is 6.28. The fourth-order valence-corrected chi connectivity index (χ4v) is 1.50. The minimum absolute atomic E-state index is 0.480. The lowest BCUT2D eigenvalue weighted by Gasteiger charge is -2.02. The molecule has 0 saturated carbocycles. The second-order valence-corrected chi connectivity index (χ2v) is 3.75. The highest BCUT2D eigenvalue weighted by Gasteiger charge is 2.02. The third-order valence-electron chi connectivity index (χ3n) is 2.32.